The molecular formula is C28H29N3O4. The van der Waals surface area contributed by atoms with Crippen LogP contribution >= 0.6 is 0 Å². The number of hydrogen-bond acceptors (Lipinski definition) is 5. The van der Waals surface area contributed by atoms with E-state index in [0.717, 1.165) is 0 Å². The average molecular weight is 472 g/mol. The highest BCUT2D eigenvalue weighted by Gasteiger charge is 2.29. The van der Waals surface area contributed by atoms with Crippen molar-refractivity contribution >= 4 is 16.8 Å². The van der Waals surface area contributed by atoms with Gasteiger partial charge in [0.15, 0.2) is 6.61 Å². The Morgan fingerprint density at radius 1 is 0.971 bits per heavy atom. The van der Waals surface area contributed by atoms with Crippen LogP contribution in [-0.2, 0) is 4.79 Å². The number of fused-ring (bicyclic) bond motifs is 1. The number of hydrogen-bond donors (Lipinski definition) is 0. The molecule has 0 aliphatic heterocycles. The van der Waals surface area contributed by atoms with E-state index in [-0.39, 0.29) is 18.1 Å². The van der Waals surface area contributed by atoms with Crippen molar-refractivity contribution in [2.75, 3.05) is 20.3 Å². The maximum atomic E-state index is 13.8. The van der Waals surface area contributed by atoms with Gasteiger partial charge in [-0.05, 0) is 49.7 Å². The van der Waals surface area contributed by atoms with E-state index in [2.05, 4.69) is 0 Å². The highest BCUT2D eigenvalue weighted by molar-refractivity contribution is 5.79. The van der Waals surface area contributed by atoms with Crippen molar-refractivity contribution in [2.45, 2.75) is 26.3 Å². The standard InChI is InChI=1S/C28H29N3O4/c1-4-23(30(5-2)26(32)19-35-20-13-7-6-8-14-20)27-29-22-16-10-9-15-21(22)28(33)31(27)24-17-11-12-18-25(24)34-3/h6-18,23H,4-5,19H2,1-3H3. The molecule has 0 saturated heterocycles. The molecule has 7 nitrogen and oxygen atoms in total. The summed E-state index contributed by atoms with van der Waals surface area (Å²) in [4.78, 5) is 33.7. The Morgan fingerprint density at radius 2 is 1.66 bits per heavy atom. The molecule has 35 heavy (non-hydrogen) atoms. The van der Waals surface area contributed by atoms with Crippen molar-refractivity contribution in [3.63, 3.8) is 0 Å². The van der Waals surface area contributed by atoms with Gasteiger partial charge in [0.25, 0.3) is 11.5 Å². The molecule has 1 aromatic heterocycles. The topological polar surface area (TPSA) is 73.7 Å². The van der Waals surface area contributed by atoms with Gasteiger partial charge in [-0.15, -0.1) is 0 Å². The Bertz CT molecular complexity index is 1370. The fourth-order valence-corrected chi connectivity index (χ4v) is 4.28. The monoisotopic (exact) mass is 471 g/mol. The van der Waals surface area contributed by atoms with E-state index in [4.69, 9.17) is 14.5 Å². The summed E-state index contributed by atoms with van der Waals surface area (Å²) in [6.45, 7) is 4.22. The fourth-order valence-electron chi connectivity index (χ4n) is 4.28. The van der Waals surface area contributed by atoms with Crippen LogP contribution in [0.25, 0.3) is 16.6 Å². The molecular weight excluding hydrogens is 442 g/mol. The highest BCUT2D eigenvalue weighted by atomic mass is 16.5. The van der Waals surface area contributed by atoms with Crippen molar-refractivity contribution in [2.24, 2.45) is 0 Å². The summed E-state index contributed by atoms with van der Waals surface area (Å²) < 4.78 is 12.9. The molecule has 7 heteroatoms. The number of likely N-dealkylation sites (N-methyl/N-ethyl adjacent to an activating group) is 1. The Kier molecular flexibility index (Phi) is 7.45. The SMILES string of the molecule is CCC(c1nc2ccccc2c(=O)n1-c1ccccc1OC)N(CC)C(=O)COc1ccccc1. The first kappa shape index (κ1) is 24.0. The lowest BCUT2D eigenvalue weighted by Crippen LogP contribution is -2.40. The lowest BCUT2D eigenvalue weighted by molar-refractivity contribution is -0.136. The molecule has 1 atom stereocenters. The maximum absolute atomic E-state index is 13.8. The zero-order valence-corrected chi connectivity index (χ0v) is 20.2. The Morgan fingerprint density at radius 3 is 2.37 bits per heavy atom. The number of carbonyl (C=O) groups is 1. The number of amides is 1. The smallest absolute Gasteiger partial charge is 0.266 e. The van der Waals surface area contributed by atoms with Crippen LogP contribution in [0.15, 0.2) is 83.7 Å². The quantitative estimate of drug-likeness (QED) is 0.352. The second-order valence-corrected chi connectivity index (χ2v) is 8.01. The largest absolute Gasteiger partial charge is 0.495 e. The molecule has 0 radical (unpaired) electrons. The first-order valence-electron chi connectivity index (χ1n) is 11.7. The van der Waals surface area contributed by atoms with Gasteiger partial charge in [-0.1, -0.05) is 49.4 Å². The van der Waals surface area contributed by atoms with Crippen LogP contribution in [-0.4, -0.2) is 40.6 Å². The number of rotatable bonds is 9. The van der Waals surface area contributed by atoms with Crippen molar-refractivity contribution in [3.05, 3.63) is 95.0 Å². The van der Waals surface area contributed by atoms with Crippen molar-refractivity contribution < 1.29 is 14.3 Å². The van der Waals surface area contributed by atoms with Crippen molar-refractivity contribution in [1.82, 2.24) is 14.5 Å². The van der Waals surface area contributed by atoms with Gasteiger partial charge >= 0.3 is 0 Å². The van der Waals surface area contributed by atoms with E-state index in [0.29, 0.717) is 46.9 Å². The van der Waals surface area contributed by atoms with Crippen LogP contribution < -0.4 is 15.0 Å². The third kappa shape index (κ3) is 4.89. The summed E-state index contributed by atoms with van der Waals surface area (Å²) in [5, 5.41) is 0.499. The Hall–Kier alpha value is -4.13. The molecule has 1 amide bonds. The zero-order chi connectivity index (χ0) is 24.8. The van der Waals surface area contributed by atoms with Gasteiger partial charge in [-0.25, -0.2) is 4.98 Å². The predicted octanol–water partition coefficient (Wildman–Crippen LogP) is 4.77. The number of carbonyl (C=O) groups excluding carboxylic acids is 1. The third-order valence-electron chi connectivity index (χ3n) is 5.96. The van der Waals surface area contributed by atoms with E-state index in [1.54, 1.807) is 28.7 Å². The molecule has 0 saturated carbocycles. The summed E-state index contributed by atoms with van der Waals surface area (Å²) in [5.41, 5.74) is 0.953. The minimum atomic E-state index is -0.450. The molecule has 0 N–H and O–H groups in total. The first-order chi connectivity index (χ1) is 17.1. The molecule has 1 unspecified atom stereocenters. The van der Waals surface area contributed by atoms with Crippen LogP contribution in [0, 0.1) is 0 Å². The maximum Gasteiger partial charge on any atom is 0.266 e. The molecule has 0 spiro atoms. The number of aromatic nitrogens is 2. The van der Waals surface area contributed by atoms with Gasteiger partial charge in [0, 0.05) is 6.54 Å². The van der Waals surface area contributed by atoms with Crippen molar-refractivity contribution in [1.29, 1.82) is 0 Å². The van der Waals surface area contributed by atoms with Gasteiger partial charge in [0.2, 0.25) is 0 Å². The van der Waals surface area contributed by atoms with Gasteiger partial charge in [-0.3, -0.25) is 14.2 Å². The Balaban J connectivity index is 1.82. The molecule has 0 aliphatic rings. The summed E-state index contributed by atoms with van der Waals surface area (Å²) in [6.07, 6.45) is 0.560. The van der Waals surface area contributed by atoms with Gasteiger partial charge in [-0.2, -0.15) is 0 Å². The lowest BCUT2D eigenvalue weighted by Gasteiger charge is -2.31. The van der Waals surface area contributed by atoms with Gasteiger partial charge < -0.3 is 14.4 Å². The van der Waals surface area contributed by atoms with Crippen LogP contribution in [0.1, 0.15) is 32.1 Å². The second-order valence-electron chi connectivity index (χ2n) is 8.01. The van der Waals surface area contributed by atoms with Crippen LogP contribution in [0.5, 0.6) is 11.5 Å². The number of benzene rings is 3. The van der Waals surface area contributed by atoms with Crippen molar-refractivity contribution in [3.8, 4) is 17.2 Å². The third-order valence-corrected chi connectivity index (χ3v) is 5.96. The van der Waals surface area contributed by atoms with E-state index >= 15 is 0 Å². The summed E-state index contributed by atoms with van der Waals surface area (Å²) in [6, 6.07) is 23.3. The first-order valence-corrected chi connectivity index (χ1v) is 11.7. The molecule has 4 aromatic rings. The molecule has 180 valence electrons. The highest BCUT2D eigenvalue weighted by Crippen LogP contribution is 2.29. The van der Waals surface area contributed by atoms with E-state index in [1.807, 2.05) is 80.6 Å². The summed E-state index contributed by atoms with van der Waals surface area (Å²) in [7, 11) is 1.57. The molecule has 3 aromatic carbocycles. The molecule has 1 heterocycles. The van der Waals surface area contributed by atoms with Gasteiger partial charge in [0.1, 0.15) is 17.3 Å². The predicted molar refractivity (Wildman–Crippen MR) is 136 cm³/mol. The molecule has 0 bridgehead atoms. The second kappa shape index (κ2) is 10.9. The summed E-state index contributed by atoms with van der Waals surface area (Å²) in [5.74, 6) is 1.47. The lowest BCUT2D eigenvalue weighted by atomic mass is 10.1. The Labute approximate surface area is 204 Å². The zero-order valence-electron chi connectivity index (χ0n) is 20.2. The fraction of sp³-hybridized carbons (Fsp3) is 0.250. The summed E-state index contributed by atoms with van der Waals surface area (Å²) >= 11 is 0. The molecule has 0 aliphatic carbocycles. The number of nitrogens with zero attached hydrogens (tertiary/aromatic N) is 3. The minimum absolute atomic E-state index is 0.110. The average Bonchev–Trinajstić information content (AvgIpc) is 2.91. The van der Waals surface area contributed by atoms with Crippen LogP contribution in [0.3, 0.4) is 0 Å². The van der Waals surface area contributed by atoms with E-state index < -0.39 is 6.04 Å². The number of methoxy groups -OCH3 is 1. The normalized spacial score (nSPS) is 11.7. The van der Waals surface area contributed by atoms with Gasteiger partial charge in [0.05, 0.1) is 29.7 Å². The molecule has 0 fully saturated rings. The van der Waals surface area contributed by atoms with Crippen LogP contribution in [0.2, 0.25) is 0 Å². The minimum Gasteiger partial charge on any atom is -0.495 e. The number of para-hydroxylation sites is 4. The van der Waals surface area contributed by atoms with E-state index in [1.165, 1.54) is 0 Å². The van der Waals surface area contributed by atoms with E-state index in [9.17, 15) is 9.59 Å². The molecule has 4 rings (SSSR count). The van der Waals surface area contributed by atoms with Crippen LogP contribution in [0.4, 0.5) is 0 Å². The number of ether oxygens (including phenoxy) is 2.